The van der Waals surface area contributed by atoms with Crippen molar-refractivity contribution in [3.05, 3.63) is 60.8 Å². The van der Waals surface area contributed by atoms with Gasteiger partial charge in [-0.25, -0.2) is 0 Å². The lowest BCUT2D eigenvalue weighted by atomic mass is 10.0. The molecule has 53 heavy (non-hydrogen) atoms. The lowest BCUT2D eigenvalue weighted by Crippen LogP contribution is -2.46. The fourth-order valence-electron chi connectivity index (χ4n) is 6.39. The number of aliphatic hydroxyl groups is 2. The summed E-state index contributed by atoms with van der Waals surface area (Å²) in [6, 6.07) is -0.707. The molecule has 0 saturated heterocycles. The Morgan fingerprint density at radius 2 is 1.02 bits per heavy atom. The first-order valence-electron chi connectivity index (χ1n) is 22.1. The molecule has 0 fully saturated rings. The summed E-state index contributed by atoms with van der Waals surface area (Å²) in [5.74, 6) is -0.529. The molecule has 0 rings (SSSR count). The largest absolute Gasteiger partial charge is 0.462 e. The van der Waals surface area contributed by atoms with Crippen molar-refractivity contribution in [1.29, 1.82) is 0 Å². The summed E-state index contributed by atoms with van der Waals surface area (Å²) in [6.07, 6.45) is 48.5. The topological polar surface area (TPSA) is 95.9 Å². The molecule has 0 saturated carbocycles. The zero-order valence-corrected chi connectivity index (χ0v) is 34.6. The molecule has 0 aromatic heterocycles. The highest BCUT2D eigenvalue weighted by atomic mass is 16.5. The van der Waals surface area contributed by atoms with Crippen LogP contribution in [-0.4, -0.2) is 46.9 Å². The Bertz CT molecular complexity index is 968. The minimum atomic E-state index is -0.792. The van der Waals surface area contributed by atoms with Crippen molar-refractivity contribution in [3.63, 3.8) is 0 Å². The highest BCUT2D eigenvalue weighted by molar-refractivity contribution is 5.77. The van der Waals surface area contributed by atoms with Crippen LogP contribution in [0.1, 0.15) is 201 Å². The molecule has 0 bridgehead atoms. The average Bonchev–Trinajstić information content (AvgIpc) is 3.15. The molecular weight excluding hydrogens is 659 g/mol. The van der Waals surface area contributed by atoms with E-state index in [9.17, 15) is 19.8 Å². The summed E-state index contributed by atoms with van der Waals surface area (Å²) in [6.45, 7) is 6.28. The second kappa shape index (κ2) is 40.7. The van der Waals surface area contributed by atoms with E-state index in [1.807, 2.05) is 42.5 Å². The quantitative estimate of drug-likeness (QED) is 0.0333. The van der Waals surface area contributed by atoms with Gasteiger partial charge in [-0.1, -0.05) is 204 Å². The number of hydrogen-bond donors (Lipinski definition) is 3. The fraction of sp³-hybridized carbons (Fsp3) is 0.745. The monoisotopic (exact) mass is 742 g/mol. The molecule has 6 heteroatoms. The van der Waals surface area contributed by atoms with Crippen LogP contribution in [0.5, 0.6) is 0 Å². The number of aliphatic hydroxyl groups excluding tert-OH is 2. The molecule has 0 aliphatic carbocycles. The predicted molar refractivity (Wildman–Crippen MR) is 227 cm³/mol. The van der Waals surface area contributed by atoms with Gasteiger partial charge in [0.2, 0.25) is 5.91 Å². The van der Waals surface area contributed by atoms with Gasteiger partial charge in [-0.05, 0) is 44.9 Å². The van der Waals surface area contributed by atoms with Crippen molar-refractivity contribution in [2.75, 3.05) is 6.61 Å². The maximum absolute atomic E-state index is 13.1. The second-order valence-corrected chi connectivity index (χ2v) is 14.8. The van der Waals surface area contributed by atoms with Crippen molar-refractivity contribution < 1.29 is 24.5 Å². The number of rotatable bonds is 38. The van der Waals surface area contributed by atoms with E-state index in [4.69, 9.17) is 4.74 Å². The Hall–Kier alpha value is -2.44. The number of nitrogens with one attached hydrogen (secondary N) is 1. The second-order valence-electron chi connectivity index (χ2n) is 14.8. The smallest absolute Gasteiger partial charge is 0.306 e. The zero-order chi connectivity index (χ0) is 38.9. The molecule has 0 aliphatic rings. The summed E-state index contributed by atoms with van der Waals surface area (Å²) in [5.41, 5.74) is 0. The van der Waals surface area contributed by atoms with Crippen LogP contribution >= 0.6 is 0 Å². The number of ether oxygens (including phenoxy) is 1. The van der Waals surface area contributed by atoms with Gasteiger partial charge >= 0.3 is 5.97 Å². The minimum absolute atomic E-state index is 0.0591. The van der Waals surface area contributed by atoms with E-state index in [1.54, 1.807) is 0 Å². The molecule has 0 aromatic carbocycles. The van der Waals surface area contributed by atoms with Crippen LogP contribution in [0.3, 0.4) is 0 Å². The van der Waals surface area contributed by atoms with Crippen LogP contribution in [0.15, 0.2) is 60.8 Å². The van der Waals surface area contributed by atoms with Crippen LogP contribution in [-0.2, 0) is 14.3 Å². The molecule has 3 atom stereocenters. The molecule has 3 N–H and O–H groups in total. The van der Waals surface area contributed by atoms with Gasteiger partial charge < -0.3 is 20.3 Å². The van der Waals surface area contributed by atoms with Crippen molar-refractivity contribution >= 4 is 11.9 Å². The highest BCUT2D eigenvalue weighted by Crippen LogP contribution is 2.17. The van der Waals surface area contributed by atoms with Crippen molar-refractivity contribution in [1.82, 2.24) is 5.32 Å². The molecule has 1 amide bonds. The van der Waals surface area contributed by atoms with E-state index in [0.29, 0.717) is 19.3 Å². The lowest BCUT2D eigenvalue weighted by molar-refractivity contribution is -0.151. The fourth-order valence-corrected chi connectivity index (χ4v) is 6.39. The average molecular weight is 742 g/mol. The predicted octanol–water partition coefficient (Wildman–Crippen LogP) is 12.5. The molecule has 3 unspecified atom stereocenters. The summed E-state index contributed by atoms with van der Waals surface area (Å²) in [5, 5.41) is 23.6. The highest BCUT2D eigenvalue weighted by Gasteiger charge is 2.24. The Balaban J connectivity index is 4.60. The Morgan fingerprint density at radius 3 is 1.53 bits per heavy atom. The SMILES string of the molecule is CC/C=C/C=C/C=C\C=C/C=C/CCCCCC(=O)OC(CCCCCCCCCC)CC(=O)NC(CO)C(O)CCCCCCCCCCCCC. The van der Waals surface area contributed by atoms with Crippen molar-refractivity contribution in [2.45, 2.75) is 219 Å². The molecule has 0 aromatic rings. The van der Waals surface area contributed by atoms with E-state index in [2.05, 4.69) is 44.3 Å². The van der Waals surface area contributed by atoms with Crippen LogP contribution in [0.4, 0.5) is 0 Å². The minimum Gasteiger partial charge on any atom is -0.462 e. The molecule has 0 heterocycles. The third kappa shape index (κ3) is 36.3. The third-order valence-electron chi connectivity index (χ3n) is 9.74. The number of allylic oxidation sites excluding steroid dienone is 10. The number of hydrogen-bond acceptors (Lipinski definition) is 5. The van der Waals surface area contributed by atoms with Gasteiger partial charge in [-0.2, -0.15) is 0 Å². The van der Waals surface area contributed by atoms with Crippen LogP contribution in [0.2, 0.25) is 0 Å². The molecule has 6 nitrogen and oxygen atoms in total. The lowest BCUT2D eigenvalue weighted by Gasteiger charge is -2.24. The van der Waals surface area contributed by atoms with Gasteiger partial charge in [0, 0.05) is 6.42 Å². The first kappa shape index (κ1) is 50.6. The summed E-state index contributed by atoms with van der Waals surface area (Å²) >= 11 is 0. The Morgan fingerprint density at radius 1 is 0.566 bits per heavy atom. The van der Waals surface area contributed by atoms with Crippen molar-refractivity contribution in [3.8, 4) is 0 Å². The standard InChI is InChI=1S/C47H83NO5/c1-4-7-10-13-16-19-21-22-23-24-26-28-31-34-37-40-47(52)53-43(38-35-32-29-18-15-12-9-6-3)41-46(51)48-44(42-49)45(50)39-36-33-30-27-25-20-17-14-11-8-5-2/h7,10,13,16,19,21-24,26,43-45,49-50H,4-6,8-9,11-12,14-15,17-18,20,25,27-42H2,1-3H3,(H,48,51)/b10-7+,16-13+,21-19-,23-22-,26-24+. The molecule has 306 valence electrons. The number of carbonyl (C=O) groups excluding carboxylic acids is 2. The van der Waals surface area contributed by atoms with E-state index in [-0.39, 0.29) is 24.9 Å². The molecule has 0 aliphatic heterocycles. The molecule has 0 radical (unpaired) electrons. The summed E-state index contributed by atoms with van der Waals surface area (Å²) < 4.78 is 5.86. The van der Waals surface area contributed by atoms with E-state index in [1.165, 1.54) is 83.5 Å². The van der Waals surface area contributed by atoms with Gasteiger partial charge in [0.1, 0.15) is 6.10 Å². The third-order valence-corrected chi connectivity index (χ3v) is 9.74. The Kier molecular flexibility index (Phi) is 38.9. The Labute approximate surface area is 327 Å². The number of carbonyl (C=O) groups is 2. The van der Waals surface area contributed by atoms with Gasteiger partial charge in [0.15, 0.2) is 0 Å². The first-order chi connectivity index (χ1) is 26.0. The maximum atomic E-state index is 13.1. The number of amides is 1. The van der Waals surface area contributed by atoms with E-state index >= 15 is 0 Å². The number of esters is 1. The molecular formula is C47H83NO5. The van der Waals surface area contributed by atoms with Gasteiger partial charge in [0.05, 0.1) is 25.2 Å². The van der Waals surface area contributed by atoms with Gasteiger partial charge in [-0.15, -0.1) is 0 Å². The summed E-state index contributed by atoms with van der Waals surface area (Å²) in [7, 11) is 0. The van der Waals surface area contributed by atoms with Crippen LogP contribution in [0, 0.1) is 0 Å². The van der Waals surface area contributed by atoms with E-state index < -0.39 is 18.2 Å². The van der Waals surface area contributed by atoms with Gasteiger partial charge in [0.25, 0.3) is 0 Å². The number of unbranched alkanes of at least 4 members (excludes halogenated alkanes) is 20. The van der Waals surface area contributed by atoms with Gasteiger partial charge in [-0.3, -0.25) is 9.59 Å². The maximum Gasteiger partial charge on any atom is 0.306 e. The van der Waals surface area contributed by atoms with E-state index in [0.717, 1.165) is 70.6 Å². The van der Waals surface area contributed by atoms with Crippen LogP contribution < -0.4 is 5.32 Å². The summed E-state index contributed by atoms with van der Waals surface area (Å²) in [4.78, 5) is 25.9. The van der Waals surface area contributed by atoms with Crippen molar-refractivity contribution in [2.24, 2.45) is 0 Å². The molecule has 0 spiro atoms. The first-order valence-corrected chi connectivity index (χ1v) is 22.1. The normalized spacial score (nSPS) is 14.0. The van der Waals surface area contributed by atoms with Crippen LogP contribution in [0.25, 0.3) is 0 Å². The zero-order valence-electron chi connectivity index (χ0n) is 34.6.